The average Bonchev–Trinajstić information content (AvgIpc) is 2.68. The molecule has 1 N–H and O–H groups in total. The zero-order chi connectivity index (χ0) is 19.1. The summed E-state index contributed by atoms with van der Waals surface area (Å²) in [6.45, 7) is 5.71. The fraction of sp³-hybridized carbons (Fsp3) is 0.684. The van der Waals surface area contributed by atoms with Crippen molar-refractivity contribution in [3.8, 4) is 5.75 Å². The molecule has 8 heteroatoms. The van der Waals surface area contributed by atoms with Crippen molar-refractivity contribution in [2.75, 3.05) is 63.7 Å². The number of benzene rings is 1. The zero-order valence-corrected chi connectivity index (χ0v) is 16.9. The summed E-state index contributed by atoms with van der Waals surface area (Å²) >= 11 is 0. The first-order valence-corrected chi connectivity index (χ1v) is 11.4. The second-order valence-electron chi connectivity index (χ2n) is 7.23. The van der Waals surface area contributed by atoms with Gasteiger partial charge in [0, 0.05) is 44.0 Å². The van der Waals surface area contributed by atoms with Gasteiger partial charge in [0.1, 0.15) is 5.75 Å². The molecule has 1 aromatic carbocycles. The lowest BCUT2D eigenvalue weighted by Crippen LogP contribution is -2.48. The van der Waals surface area contributed by atoms with Crippen LogP contribution in [0.3, 0.4) is 0 Å². The van der Waals surface area contributed by atoms with Crippen LogP contribution in [0, 0.1) is 0 Å². The van der Waals surface area contributed by atoms with E-state index in [2.05, 4.69) is 14.5 Å². The summed E-state index contributed by atoms with van der Waals surface area (Å²) < 4.78 is 38.5. The van der Waals surface area contributed by atoms with Gasteiger partial charge in [0.05, 0.1) is 26.1 Å². The summed E-state index contributed by atoms with van der Waals surface area (Å²) in [5.74, 6) is 0.998. The second-order valence-corrected chi connectivity index (χ2v) is 9.10. The number of nitrogens with zero attached hydrogens (tertiary/aromatic N) is 2. The Bertz CT molecular complexity index is 692. The van der Waals surface area contributed by atoms with E-state index in [-0.39, 0.29) is 11.8 Å². The van der Waals surface area contributed by atoms with Gasteiger partial charge in [-0.1, -0.05) is 6.07 Å². The number of hydrogen-bond acceptors (Lipinski definition) is 6. The quantitative estimate of drug-likeness (QED) is 0.713. The molecule has 3 rings (SSSR count). The van der Waals surface area contributed by atoms with Crippen LogP contribution in [0.4, 0.5) is 5.69 Å². The number of morpholine rings is 1. The van der Waals surface area contributed by atoms with E-state index in [4.69, 9.17) is 9.47 Å². The van der Waals surface area contributed by atoms with Gasteiger partial charge in [-0.25, -0.2) is 13.1 Å². The molecule has 2 heterocycles. The Kier molecular flexibility index (Phi) is 7.34. The summed E-state index contributed by atoms with van der Waals surface area (Å²) in [6, 6.07) is 7.88. The molecule has 1 atom stereocenters. The third-order valence-electron chi connectivity index (χ3n) is 5.18. The fourth-order valence-electron chi connectivity index (χ4n) is 3.73. The minimum Gasteiger partial charge on any atom is -0.497 e. The van der Waals surface area contributed by atoms with E-state index in [1.54, 1.807) is 7.11 Å². The van der Waals surface area contributed by atoms with Gasteiger partial charge in [0.15, 0.2) is 0 Å². The number of anilines is 1. The minimum atomic E-state index is -3.26. The Morgan fingerprint density at radius 2 is 2.07 bits per heavy atom. The van der Waals surface area contributed by atoms with Gasteiger partial charge in [-0.05, 0) is 37.9 Å². The topological polar surface area (TPSA) is 71.1 Å². The lowest BCUT2D eigenvalue weighted by atomic mass is 10.1. The van der Waals surface area contributed by atoms with Gasteiger partial charge in [-0.15, -0.1) is 0 Å². The Balaban J connectivity index is 1.48. The number of ether oxygens (including phenoxy) is 2. The predicted octanol–water partition coefficient (Wildman–Crippen LogP) is 1.31. The van der Waals surface area contributed by atoms with Crippen molar-refractivity contribution in [1.29, 1.82) is 0 Å². The first-order chi connectivity index (χ1) is 13.1. The van der Waals surface area contributed by atoms with Crippen molar-refractivity contribution in [2.24, 2.45) is 0 Å². The van der Waals surface area contributed by atoms with Crippen LogP contribution in [0.15, 0.2) is 24.3 Å². The van der Waals surface area contributed by atoms with E-state index in [1.807, 2.05) is 24.3 Å². The van der Waals surface area contributed by atoms with Crippen LogP contribution in [0.25, 0.3) is 0 Å². The van der Waals surface area contributed by atoms with Crippen molar-refractivity contribution in [2.45, 2.75) is 25.3 Å². The molecular weight excluding hydrogens is 366 g/mol. The average molecular weight is 398 g/mol. The molecule has 0 amide bonds. The number of rotatable bonds is 8. The maximum Gasteiger partial charge on any atom is 0.211 e. The van der Waals surface area contributed by atoms with Gasteiger partial charge in [0.25, 0.3) is 0 Å². The summed E-state index contributed by atoms with van der Waals surface area (Å²) in [7, 11) is -1.60. The Morgan fingerprint density at radius 3 is 2.85 bits per heavy atom. The van der Waals surface area contributed by atoms with Crippen LogP contribution in [-0.2, 0) is 14.8 Å². The van der Waals surface area contributed by atoms with Crippen molar-refractivity contribution in [1.82, 2.24) is 9.62 Å². The van der Waals surface area contributed by atoms with E-state index in [0.717, 1.165) is 63.7 Å². The van der Waals surface area contributed by atoms with E-state index >= 15 is 0 Å². The van der Waals surface area contributed by atoms with Gasteiger partial charge in [0.2, 0.25) is 10.0 Å². The normalized spacial score (nSPS) is 22.0. The maximum atomic E-state index is 12.5. The van der Waals surface area contributed by atoms with Gasteiger partial charge in [-0.2, -0.15) is 0 Å². The predicted molar refractivity (Wildman–Crippen MR) is 107 cm³/mol. The molecule has 0 spiro atoms. The van der Waals surface area contributed by atoms with Crippen LogP contribution in [0.2, 0.25) is 0 Å². The van der Waals surface area contributed by atoms with E-state index in [1.165, 1.54) is 0 Å². The van der Waals surface area contributed by atoms with Crippen molar-refractivity contribution < 1.29 is 17.9 Å². The Labute approximate surface area is 162 Å². The summed E-state index contributed by atoms with van der Waals surface area (Å²) in [5.41, 5.74) is 1.07. The van der Waals surface area contributed by atoms with Crippen LogP contribution in [0.5, 0.6) is 5.75 Å². The molecule has 2 fully saturated rings. The standard InChI is InChI=1S/C19H31N3O4S/c1-25-19-7-2-6-18(15-19)22-9-3-5-17(16-22)20-27(23,24)14-4-8-21-10-12-26-13-11-21/h2,6-7,15,17,20H,3-5,8-14,16H2,1H3. The molecule has 2 saturated heterocycles. The number of sulfonamides is 1. The second kappa shape index (κ2) is 9.73. The first kappa shape index (κ1) is 20.4. The molecule has 0 aliphatic carbocycles. The smallest absolute Gasteiger partial charge is 0.211 e. The Hall–Kier alpha value is -1.35. The summed E-state index contributed by atoms with van der Waals surface area (Å²) in [6.07, 6.45) is 2.50. The molecule has 152 valence electrons. The molecule has 2 aliphatic rings. The van der Waals surface area contributed by atoms with Gasteiger partial charge in [-0.3, -0.25) is 4.90 Å². The zero-order valence-electron chi connectivity index (χ0n) is 16.1. The van der Waals surface area contributed by atoms with Gasteiger partial charge >= 0.3 is 0 Å². The highest BCUT2D eigenvalue weighted by atomic mass is 32.2. The van der Waals surface area contributed by atoms with E-state index in [9.17, 15) is 8.42 Å². The molecule has 1 unspecified atom stereocenters. The minimum absolute atomic E-state index is 0.0432. The molecular formula is C19H31N3O4S. The number of nitrogens with one attached hydrogen (secondary N) is 1. The van der Waals surface area contributed by atoms with Crippen molar-refractivity contribution >= 4 is 15.7 Å². The van der Waals surface area contributed by atoms with Crippen LogP contribution in [0.1, 0.15) is 19.3 Å². The first-order valence-electron chi connectivity index (χ1n) is 9.75. The van der Waals surface area contributed by atoms with E-state index < -0.39 is 10.0 Å². The van der Waals surface area contributed by atoms with Crippen LogP contribution < -0.4 is 14.4 Å². The largest absolute Gasteiger partial charge is 0.497 e. The lowest BCUT2D eigenvalue weighted by Gasteiger charge is -2.34. The fourth-order valence-corrected chi connectivity index (χ4v) is 5.06. The molecule has 7 nitrogen and oxygen atoms in total. The number of hydrogen-bond donors (Lipinski definition) is 1. The molecule has 27 heavy (non-hydrogen) atoms. The van der Waals surface area contributed by atoms with Gasteiger partial charge < -0.3 is 14.4 Å². The Morgan fingerprint density at radius 1 is 1.26 bits per heavy atom. The van der Waals surface area contributed by atoms with Crippen molar-refractivity contribution in [3.63, 3.8) is 0 Å². The molecule has 0 aromatic heterocycles. The maximum absolute atomic E-state index is 12.5. The highest BCUT2D eigenvalue weighted by Crippen LogP contribution is 2.24. The third kappa shape index (κ3) is 6.34. The highest BCUT2D eigenvalue weighted by molar-refractivity contribution is 7.89. The van der Waals surface area contributed by atoms with Crippen molar-refractivity contribution in [3.05, 3.63) is 24.3 Å². The molecule has 1 aromatic rings. The van der Waals surface area contributed by atoms with Crippen LogP contribution >= 0.6 is 0 Å². The number of piperidine rings is 1. The summed E-state index contributed by atoms with van der Waals surface area (Å²) in [5, 5.41) is 0. The monoisotopic (exact) mass is 397 g/mol. The summed E-state index contributed by atoms with van der Waals surface area (Å²) in [4.78, 5) is 4.50. The molecule has 2 aliphatic heterocycles. The van der Waals surface area contributed by atoms with Crippen LogP contribution in [-0.4, -0.2) is 78.2 Å². The number of methoxy groups -OCH3 is 1. The van der Waals surface area contributed by atoms with E-state index in [0.29, 0.717) is 13.0 Å². The highest BCUT2D eigenvalue weighted by Gasteiger charge is 2.24. The molecule has 0 radical (unpaired) electrons. The lowest BCUT2D eigenvalue weighted by molar-refractivity contribution is 0.0381. The molecule has 0 saturated carbocycles. The SMILES string of the molecule is COc1cccc(N2CCCC(NS(=O)(=O)CCCN3CCOCC3)C2)c1. The third-order valence-corrected chi connectivity index (χ3v) is 6.70. The molecule has 0 bridgehead atoms.